The Kier molecular flexibility index (Phi) is 5.48. The Hall–Kier alpha value is -3.33. The Morgan fingerprint density at radius 3 is 2.31 bits per heavy atom. The lowest BCUT2D eigenvalue weighted by atomic mass is 9.88. The molecule has 3 aromatic rings. The molecule has 0 amide bonds. The summed E-state index contributed by atoms with van der Waals surface area (Å²) in [5.41, 5.74) is 5.63. The standard InChI is InChI=1S/C26H25NO2/c1-3-22(28)18-26-24-12-8-7-11-20(24)17-25(19-9-5-4-6-10-19)27(26)21-13-15-23(29-2)16-14-21/h4-17,26H,3,18H2,1-2H3. The van der Waals surface area contributed by atoms with Crippen LogP contribution in [0.15, 0.2) is 78.9 Å². The molecule has 0 aromatic heterocycles. The second-order valence-electron chi connectivity index (χ2n) is 7.20. The summed E-state index contributed by atoms with van der Waals surface area (Å²) in [6.45, 7) is 1.93. The number of hydrogen-bond donors (Lipinski definition) is 0. The molecule has 1 unspecified atom stereocenters. The SMILES string of the molecule is CCC(=O)CC1c2ccccc2C=C(c2ccccc2)N1c1ccc(OC)cc1. The molecule has 1 heterocycles. The van der Waals surface area contributed by atoms with Crippen LogP contribution < -0.4 is 9.64 Å². The number of fused-ring (bicyclic) bond motifs is 1. The number of benzene rings is 3. The first-order valence-electron chi connectivity index (χ1n) is 10.0. The summed E-state index contributed by atoms with van der Waals surface area (Å²) in [7, 11) is 1.67. The van der Waals surface area contributed by atoms with Gasteiger partial charge < -0.3 is 9.64 Å². The Morgan fingerprint density at radius 2 is 1.62 bits per heavy atom. The molecule has 0 saturated heterocycles. The first-order chi connectivity index (χ1) is 14.2. The predicted octanol–water partition coefficient (Wildman–Crippen LogP) is 6.12. The second kappa shape index (κ2) is 8.36. The third-order valence-corrected chi connectivity index (χ3v) is 5.45. The fourth-order valence-corrected chi connectivity index (χ4v) is 3.92. The largest absolute Gasteiger partial charge is 0.497 e. The van der Waals surface area contributed by atoms with Crippen molar-refractivity contribution in [3.63, 3.8) is 0 Å². The van der Waals surface area contributed by atoms with Crippen LogP contribution in [0, 0.1) is 0 Å². The van der Waals surface area contributed by atoms with E-state index in [0.29, 0.717) is 12.8 Å². The summed E-state index contributed by atoms with van der Waals surface area (Å²) in [4.78, 5) is 14.8. The molecule has 1 aliphatic heterocycles. The van der Waals surface area contributed by atoms with Crippen molar-refractivity contribution in [1.29, 1.82) is 0 Å². The van der Waals surface area contributed by atoms with Crippen molar-refractivity contribution < 1.29 is 9.53 Å². The van der Waals surface area contributed by atoms with Crippen LogP contribution in [-0.2, 0) is 4.79 Å². The van der Waals surface area contributed by atoms with Gasteiger partial charge >= 0.3 is 0 Å². The molecule has 0 aliphatic carbocycles. The average molecular weight is 383 g/mol. The van der Waals surface area contributed by atoms with Gasteiger partial charge in [0.25, 0.3) is 0 Å². The summed E-state index contributed by atoms with van der Waals surface area (Å²) in [6, 6.07) is 26.8. The van der Waals surface area contributed by atoms with Crippen molar-refractivity contribution in [1.82, 2.24) is 0 Å². The zero-order valence-corrected chi connectivity index (χ0v) is 16.8. The number of ether oxygens (including phenoxy) is 1. The third-order valence-electron chi connectivity index (χ3n) is 5.45. The highest BCUT2D eigenvalue weighted by Gasteiger charge is 2.31. The normalized spacial score (nSPS) is 15.4. The van der Waals surface area contributed by atoms with Crippen LogP contribution in [0.3, 0.4) is 0 Å². The number of ketones is 1. The molecule has 1 aliphatic rings. The number of rotatable bonds is 6. The Labute approximate surface area is 172 Å². The number of Topliss-reactive ketones (excluding diaryl/α,β-unsaturated/α-hetero) is 1. The molecule has 0 bridgehead atoms. The second-order valence-corrected chi connectivity index (χ2v) is 7.20. The number of carbonyl (C=O) groups is 1. The third kappa shape index (κ3) is 3.81. The molecule has 146 valence electrons. The summed E-state index contributed by atoms with van der Waals surface area (Å²) in [6.07, 6.45) is 3.24. The fraction of sp³-hybridized carbons (Fsp3) is 0.192. The maximum atomic E-state index is 12.5. The number of nitrogens with zero attached hydrogens (tertiary/aromatic N) is 1. The molecule has 0 N–H and O–H groups in total. The van der Waals surface area contributed by atoms with E-state index in [1.165, 1.54) is 11.1 Å². The molecular formula is C26H25NO2. The molecule has 0 spiro atoms. The minimum absolute atomic E-state index is 0.0488. The van der Waals surface area contributed by atoms with Gasteiger partial charge in [-0.15, -0.1) is 0 Å². The lowest BCUT2D eigenvalue weighted by molar-refractivity contribution is -0.119. The van der Waals surface area contributed by atoms with Crippen LogP contribution in [0.1, 0.15) is 42.5 Å². The lowest BCUT2D eigenvalue weighted by Gasteiger charge is -2.39. The first kappa shape index (κ1) is 19.0. The average Bonchev–Trinajstić information content (AvgIpc) is 2.79. The highest BCUT2D eigenvalue weighted by Crippen LogP contribution is 2.43. The van der Waals surface area contributed by atoms with E-state index in [-0.39, 0.29) is 11.8 Å². The molecular weight excluding hydrogens is 358 g/mol. The molecule has 1 atom stereocenters. The smallest absolute Gasteiger partial charge is 0.135 e. The van der Waals surface area contributed by atoms with Crippen molar-refractivity contribution >= 4 is 23.2 Å². The summed E-state index contributed by atoms with van der Waals surface area (Å²) in [5.74, 6) is 1.08. The zero-order valence-electron chi connectivity index (χ0n) is 16.8. The maximum Gasteiger partial charge on any atom is 0.135 e. The Bertz CT molecular complexity index is 1020. The van der Waals surface area contributed by atoms with Crippen molar-refractivity contribution in [2.45, 2.75) is 25.8 Å². The summed E-state index contributed by atoms with van der Waals surface area (Å²) >= 11 is 0. The molecule has 3 nitrogen and oxygen atoms in total. The number of hydrogen-bond acceptors (Lipinski definition) is 3. The number of methoxy groups -OCH3 is 1. The van der Waals surface area contributed by atoms with Gasteiger partial charge in [0.2, 0.25) is 0 Å². The van der Waals surface area contributed by atoms with Gasteiger partial charge in [-0.2, -0.15) is 0 Å². The number of anilines is 1. The van der Waals surface area contributed by atoms with Crippen molar-refractivity contribution in [3.8, 4) is 5.75 Å². The van der Waals surface area contributed by atoms with E-state index >= 15 is 0 Å². The van der Waals surface area contributed by atoms with Crippen LogP contribution in [0.25, 0.3) is 11.8 Å². The van der Waals surface area contributed by atoms with Crippen LogP contribution in [0.2, 0.25) is 0 Å². The topological polar surface area (TPSA) is 29.5 Å². The maximum absolute atomic E-state index is 12.5. The quantitative estimate of drug-likeness (QED) is 0.513. The zero-order chi connectivity index (χ0) is 20.2. The molecule has 3 heteroatoms. The summed E-state index contributed by atoms with van der Waals surface area (Å²) < 4.78 is 5.35. The minimum atomic E-state index is -0.0488. The number of carbonyl (C=O) groups excluding carboxylic acids is 1. The predicted molar refractivity (Wildman–Crippen MR) is 119 cm³/mol. The summed E-state index contributed by atoms with van der Waals surface area (Å²) in [5, 5.41) is 0. The lowest BCUT2D eigenvalue weighted by Crippen LogP contribution is -2.32. The van der Waals surface area contributed by atoms with E-state index in [2.05, 4.69) is 71.6 Å². The van der Waals surface area contributed by atoms with Gasteiger partial charge in [0.15, 0.2) is 0 Å². The van der Waals surface area contributed by atoms with Crippen molar-refractivity contribution in [2.24, 2.45) is 0 Å². The van der Waals surface area contributed by atoms with Gasteiger partial charge in [-0.25, -0.2) is 0 Å². The first-order valence-corrected chi connectivity index (χ1v) is 10.0. The van der Waals surface area contributed by atoms with Gasteiger partial charge in [-0.05, 0) is 47.0 Å². The van der Waals surface area contributed by atoms with Crippen LogP contribution in [0.4, 0.5) is 5.69 Å². The van der Waals surface area contributed by atoms with Crippen molar-refractivity contribution in [3.05, 3.63) is 95.6 Å². The van der Waals surface area contributed by atoms with E-state index < -0.39 is 0 Å². The van der Waals surface area contributed by atoms with Crippen LogP contribution >= 0.6 is 0 Å². The molecule has 3 aromatic carbocycles. The van der Waals surface area contributed by atoms with Gasteiger partial charge in [0, 0.05) is 24.2 Å². The van der Waals surface area contributed by atoms with Gasteiger partial charge in [-0.3, -0.25) is 4.79 Å². The van der Waals surface area contributed by atoms with E-state index in [1.54, 1.807) is 7.11 Å². The monoisotopic (exact) mass is 383 g/mol. The molecule has 0 fully saturated rings. The van der Waals surface area contributed by atoms with Gasteiger partial charge in [-0.1, -0.05) is 61.5 Å². The Morgan fingerprint density at radius 1 is 0.931 bits per heavy atom. The van der Waals surface area contributed by atoms with Crippen LogP contribution in [0.5, 0.6) is 5.75 Å². The molecule has 0 saturated carbocycles. The van der Waals surface area contributed by atoms with Crippen LogP contribution in [-0.4, -0.2) is 12.9 Å². The molecule has 4 rings (SSSR count). The molecule has 29 heavy (non-hydrogen) atoms. The highest BCUT2D eigenvalue weighted by atomic mass is 16.5. The Balaban J connectivity index is 1.90. The van der Waals surface area contributed by atoms with E-state index in [0.717, 1.165) is 22.7 Å². The van der Waals surface area contributed by atoms with E-state index in [4.69, 9.17) is 4.74 Å². The van der Waals surface area contributed by atoms with E-state index in [9.17, 15) is 4.79 Å². The van der Waals surface area contributed by atoms with Gasteiger partial charge in [0.05, 0.1) is 13.2 Å². The minimum Gasteiger partial charge on any atom is -0.497 e. The van der Waals surface area contributed by atoms with Gasteiger partial charge in [0.1, 0.15) is 11.5 Å². The molecule has 0 radical (unpaired) electrons. The van der Waals surface area contributed by atoms with Crippen molar-refractivity contribution in [2.75, 3.05) is 12.0 Å². The fourth-order valence-electron chi connectivity index (χ4n) is 3.92. The van der Waals surface area contributed by atoms with E-state index in [1.807, 2.05) is 25.1 Å². The highest BCUT2D eigenvalue weighted by molar-refractivity contribution is 5.95.